The molecule has 0 saturated carbocycles. The van der Waals surface area contributed by atoms with E-state index in [1.165, 1.54) is 0 Å². The van der Waals surface area contributed by atoms with Crippen molar-refractivity contribution in [3.63, 3.8) is 0 Å². The summed E-state index contributed by atoms with van der Waals surface area (Å²) in [5.41, 5.74) is 0. The van der Waals surface area contributed by atoms with E-state index < -0.39 is 3.79 Å². The van der Waals surface area contributed by atoms with Crippen molar-refractivity contribution in [2.75, 3.05) is 6.61 Å². The summed E-state index contributed by atoms with van der Waals surface area (Å²) in [4.78, 5) is 3.76. The quantitative estimate of drug-likeness (QED) is 0.427. The molecule has 5 heteroatoms. The molecule has 0 aromatic heterocycles. The number of halogens is 3. The summed E-state index contributed by atoms with van der Waals surface area (Å²) in [7, 11) is 0. The van der Waals surface area contributed by atoms with Crippen LogP contribution in [-0.4, -0.2) is 10.4 Å². The molecule has 43 valence electrons. The van der Waals surface area contributed by atoms with Crippen molar-refractivity contribution in [3.8, 4) is 0 Å². The molecule has 0 aliphatic heterocycles. The van der Waals surface area contributed by atoms with Gasteiger partial charge in [-0.05, 0) is 0 Å². The summed E-state index contributed by atoms with van der Waals surface area (Å²) in [6.07, 6.45) is 0. The molecule has 0 fully saturated rings. The van der Waals surface area contributed by atoms with Gasteiger partial charge in [-0.25, -0.2) is 0 Å². The van der Waals surface area contributed by atoms with E-state index in [1.807, 2.05) is 0 Å². The highest BCUT2D eigenvalue weighted by molar-refractivity contribution is 6.67. The Labute approximate surface area is 56.4 Å². The van der Waals surface area contributed by atoms with E-state index in [9.17, 15) is 0 Å². The highest BCUT2D eigenvalue weighted by atomic mass is 35.6. The normalized spacial score (nSPS) is 12.0. The molecule has 0 heterocycles. The summed E-state index contributed by atoms with van der Waals surface area (Å²) in [5.74, 6) is 6.10. The molecular weight excluding hydrogens is 160 g/mol. The van der Waals surface area contributed by atoms with E-state index in [1.54, 1.807) is 0 Å². The minimum atomic E-state index is -1.44. The largest absolute Gasteiger partial charge is 0.281 e. The van der Waals surface area contributed by atoms with Crippen molar-refractivity contribution in [1.29, 1.82) is 0 Å². The molecule has 0 aromatic carbocycles. The van der Waals surface area contributed by atoms with Gasteiger partial charge in [-0.2, -0.15) is 0 Å². The number of nitrogens with one attached hydrogen (secondary N) is 1. The Kier molecular flexibility index (Phi) is 3.28. The van der Waals surface area contributed by atoms with Gasteiger partial charge >= 0.3 is 0 Å². The average molecular weight is 163 g/mol. The van der Waals surface area contributed by atoms with Crippen LogP contribution in [0, 0.1) is 0 Å². The fraction of sp³-hybridized carbons (Fsp3) is 1.00. The van der Waals surface area contributed by atoms with Crippen LogP contribution in [0.25, 0.3) is 0 Å². The second-order valence-corrected chi connectivity index (χ2v) is 3.42. The van der Waals surface area contributed by atoms with Gasteiger partial charge in [0.2, 0.25) is 3.79 Å². The van der Waals surface area contributed by atoms with Crippen LogP contribution in [0.1, 0.15) is 0 Å². The van der Waals surface area contributed by atoms with E-state index in [-0.39, 0.29) is 6.61 Å². The molecule has 1 N–H and O–H groups in total. The Morgan fingerprint density at radius 3 is 1.86 bits per heavy atom. The maximum Gasteiger partial charge on any atom is 0.215 e. The van der Waals surface area contributed by atoms with Crippen LogP contribution in [0.5, 0.6) is 0 Å². The van der Waals surface area contributed by atoms with Crippen LogP contribution in [0.2, 0.25) is 0 Å². The average Bonchev–Trinajstić information content (AvgIpc) is 1.30. The van der Waals surface area contributed by atoms with E-state index in [0.717, 1.165) is 0 Å². The number of alkyl halides is 3. The van der Waals surface area contributed by atoms with Gasteiger partial charge in [-0.15, -0.1) is 5.90 Å². The van der Waals surface area contributed by atoms with Gasteiger partial charge in [0.25, 0.3) is 0 Å². The third kappa shape index (κ3) is 6.79. The molecule has 0 amide bonds. The summed E-state index contributed by atoms with van der Waals surface area (Å²) < 4.78 is -1.44. The lowest BCUT2D eigenvalue weighted by Gasteiger charge is -2.04. The molecule has 0 unspecified atom stereocenters. The minimum Gasteiger partial charge on any atom is -0.281 e. The predicted molar refractivity (Wildman–Crippen MR) is 29.3 cm³/mol. The molecule has 0 atom stereocenters. The van der Waals surface area contributed by atoms with Gasteiger partial charge in [0.1, 0.15) is 6.61 Å². The molecule has 0 aliphatic rings. The highest BCUT2D eigenvalue weighted by Gasteiger charge is 2.18. The first-order chi connectivity index (χ1) is 3.06. The van der Waals surface area contributed by atoms with Crippen LogP contribution in [-0.2, 0) is 4.84 Å². The Morgan fingerprint density at radius 2 is 1.86 bits per heavy atom. The number of hydrogen-bond donors (Lipinski definition) is 0. The molecule has 1 radical (unpaired) electrons. The minimum absolute atomic E-state index is 0.197. The molecule has 0 bridgehead atoms. The van der Waals surface area contributed by atoms with Gasteiger partial charge in [0.15, 0.2) is 0 Å². The fourth-order valence-corrected chi connectivity index (χ4v) is 0.245. The van der Waals surface area contributed by atoms with Crippen LogP contribution in [0.3, 0.4) is 0 Å². The van der Waals surface area contributed by atoms with Crippen molar-refractivity contribution in [2.45, 2.75) is 3.79 Å². The fourth-order valence-electron chi connectivity index (χ4n) is 0.0818. The van der Waals surface area contributed by atoms with Crippen LogP contribution < -0.4 is 5.90 Å². The lowest BCUT2D eigenvalue weighted by Crippen LogP contribution is -2.11. The molecular formula is C2H3Cl3NO. The van der Waals surface area contributed by atoms with Gasteiger partial charge in [-0.1, -0.05) is 34.8 Å². The van der Waals surface area contributed by atoms with Crippen LogP contribution in [0.4, 0.5) is 0 Å². The SMILES string of the molecule is [NH]OCC(Cl)(Cl)Cl. The van der Waals surface area contributed by atoms with Gasteiger partial charge in [0, 0.05) is 0 Å². The van der Waals surface area contributed by atoms with Gasteiger partial charge < -0.3 is 0 Å². The monoisotopic (exact) mass is 162 g/mol. The molecule has 0 saturated heterocycles. The maximum absolute atomic E-state index is 6.10. The number of rotatable bonds is 1. The Morgan fingerprint density at radius 1 is 1.43 bits per heavy atom. The Hall–Kier alpha value is 0.790. The van der Waals surface area contributed by atoms with E-state index in [4.69, 9.17) is 40.7 Å². The maximum atomic E-state index is 6.10. The van der Waals surface area contributed by atoms with Crippen molar-refractivity contribution >= 4 is 34.8 Å². The summed E-state index contributed by atoms with van der Waals surface area (Å²) >= 11 is 15.4. The van der Waals surface area contributed by atoms with Gasteiger partial charge in [0.05, 0.1) is 0 Å². The van der Waals surface area contributed by atoms with E-state index in [2.05, 4.69) is 4.84 Å². The zero-order valence-corrected chi connectivity index (χ0v) is 5.52. The highest BCUT2D eigenvalue weighted by Crippen LogP contribution is 2.25. The lowest BCUT2D eigenvalue weighted by molar-refractivity contribution is 0.123. The van der Waals surface area contributed by atoms with Crippen LogP contribution in [0.15, 0.2) is 0 Å². The second-order valence-electron chi connectivity index (χ2n) is 0.904. The third-order valence-electron chi connectivity index (χ3n) is 0.236. The van der Waals surface area contributed by atoms with Crippen molar-refractivity contribution in [1.82, 2.24) is 5.90 Å². The van der Waals surface area contributed by atoms with Crippen LogP contribution >= 0.6 is 34.8 Å². The third-order valence-corrected chi connectivity index (χ3v) is 0.563. The standard InChI is InChI=1S/C2H3Cl3NO/c3-2(4,5)1-7-6/h6H,1H2. The molecule has 7 heavy (non-hydrogen) atoms. The van der Waals surface area contributed by atoms with Crippen molar-refractivity contribution < 1.29 is 4.84 Å². The summed E-state index contributed by atoms with van der Waals surface area (Å²) in [6, 6.07) is 0. The smallest absolute Gasteiger partial charge is 0.215 e. The number of hydrogen-bond acceptors (Lipinski definition) is 1. The first kappa shape index (κ1) is 7.79. The lowest BCUT2D eigenvalue weighted by atomic mass is 10.8. The predicted octanol–water partition coefficient (Wildman–Crippen LogP) is 1.57. The van der Waals surface area contributed by atoms with Crippen molar-refractivity contribution in [2.24, 2.45) is 0 Å². The zero-order valence-electron chi connectivity index (χ0n) is 3.25. The van der Waals surface area contributed by atoms with E-state index in [0.29, 0.717) is 0 Å². The first-order valence-corrected chi connectivity index (χ1v) is 2.55. The van der Waals surface area contributed by atoms with E-state index >= 15 is 0 Å². The summed E-state index contributed by atoms with van der Waals surface area (Å²) in [5, 5.41) is 0. The Bertz CT molecular complexity index is 51.4. The van der Waals surface area contributed by atoms with Gasteiger partial charge in [-0.3, -0.25) is 4.84 Å². The van der Waals surface area contributed by atoms with Crippen molar-refractivity contribution in [3.05, 3.63) is 0 Å². The summed E-state index contributed by atoms with van der Waals surface area (Å²) in [6.45, 7) is -0.197. The molecule has 0 aliphatic carbocycles. The molecule has 0 aromatic rings. The molecule has 2 nitrogen and oxygen atoms in total. The molecule has 0 rings (SSSR count). The first-order valence-electron chi connectivity index (χ1n) is 1.41. The Balaban J connectivity index is 3.15. The molecule has 0 spiro atoms. The second kappa shape index (κ2) is 2.95. The zero-order chi connectivity index (χ0) is 5.91. The topological polar surface area (TPSA) is 33.0 Å².